The minimum atomic E-state index is -0.182. The Morgan fingerprint density at radius 3 is 2.81 bits per heavy atom. The Kier molecular flexibility index (Phi) is 5.59. The smallest absolute Gasteiger partial charge is 0.237 e. The summed E-state index contributed by atoms with van der Waals surface area (Å²) in [5.41, 5.74) is 1.01. The second kappa shape index (κ2) is 7.43. The van der Waals surface area contributed by atoms with Gasteiger partial charge in [-0.25, -0.2) is 0 Å². The number of rotatable bonds is 6. The van der Waals surface area contributed by atoms with Gasteiger partial charge in [0.15, 0.2) is 0 Å². The first-order valence-electron chi connectivity index (χ1n) is 7.39. The normalized spacial score (nSPS) is 22.8. The van der Waals surface area contributed by atoms with E-state index in [4.69, 9.17) is 9.47 Å². The fourth-order valence-electron chi connectivity index (χ4n) is 2.71. The molecule has 1 heterocycles. The Morgan fingerprint density at radius 1 is 1.43 bits per heavy atom. The lowest BCUT2D eigenvalue weighted by atomic mass is 10.0. The molecule has 21 heavy (non-hydrogen) atoms. The molecule has 1 aromatic carbocycles. The largest absolute Gasteiger partial charge is 0.496 e. The Hall–Kier alpha value is -1.59. The Bertz CT molecular complexity index is 478. The van der Waals surface area contributed by atoms with Crippen LogP contribution in [0.4, 0.5) is 0 Å². The van der Waals surface area contributed by atoms with Crippen molar-refractivity contribution in [1.82, 2.24) is 10.6 Å². The van der Waals surface area contributed by atoms with Crippen molar-refractivity contribution in [3.8, 4) is 5.75 Å². The molecule has 1 aliphatic heterocycles. The van der Waals surface area contributed by atoms with Crippen LogP contribution in [-0.4, -0.2) is 38.8 Å². The minimum Gasteiger partial charge on any atom is -0.496 e. The first-order chi connectivity index (χ1) is 10.2. The van der Waals surface area contributed by atoms with E-state index in [9.17, 15) is 4.79 Å². The van der Waals surface area contributed by atoms with Crippen molar-refractivity contribution in [3.05, 3.63) is 29.8 Å². The lowest BCUT2D eigenvalue weighted by Gasteiger charge is -2.22. The third-order valence-corrected chi connectivity index (χ3v) is 3.98. The molecule has 0 aliphatic carbocycles. The average molecular weight is 292 g/mol. The van der Waals surface area contributed by atoms with Gasteiger partial charge in [-0.2, -0.15) is 0 Å². The molecule has 5 nitrogen and oxygen atoms in total. The predicted octanol–water partition coefficient (Wildman–Crippen LogP) is 1.64. The summed E-state index contributed by atoms with van der Waals surface area (Å²) < 4.78 is 10.7. The molecule has 0 aromatic heterocycles. The first-order valence-corrected chi connectivity index (χ1v) is 7.39. The van der Waals surface area contributed by atoms with Crippen LogP contribution in [0.2, 0.25) is 0 Å². The lowest BCUT2D eigenvalue weighted by Crippen LogP contribution is -2.42. The number of amides is 1. The Balaban J connectivity index is 2.04. The third-order valence-electron chi connectivity index (χ3n) is 3.98. The quantitative estimate of drug-likeness (QED) is 0.837. The van der Waals surface area contributed by atoms with E-state index in [0.29, 0.717) is 6.42 Å². The first kappa shape index (κ1) is 15.8. The van der Waals surface area contributed by atoms with Crippen LogP contribution in [0.25, 0.3) is 0 Å². The molecule has 116 valence electrons. The zero-order valence-corrected chi connectivity index (χ0v) is 12.9. The van der Waals surface area contributed by atoms with Gasteiger partial charge in [0.1, 0.15) is 5.75 Å². The van der Waals surface area contributed by atoms with Gasteiger partial charge in [-0.3, -0.25) is 4.79 Å². The number of hydrogen-bond acceptors (Lipinski definition) is 4. The van der Waals surface area contributed by atoms with Gasteiger partial charge in [-0.1, -0.05) is 25.1 Å². The van der Waals surface area contributed by atoms with Gasteiger partial charge in [-0.05, 0) is 18.9 Å². The maximum atomic E-state index is 12.4. The molecule has 1 saturated heterocycles. The highest BCUT2D eigenvalue weighted by atomic mass is 16.5. The molecule has 1 aliphatic rings. The van der Waals surface area contributed by atoms with E-state index in [1.54, 1.807) is 14.2 Å². The van der Waals surface area contributed by atoms with Crippen LogP contribution in [0, 0.1) is 0 Å². The van der Waals surface area contributed by atoms with Gasteiger partial charge >= 0.3 is 0 Å². The van der Waals surface area contributed by atoms with E-state index in [1.807, 2.05) is 24.3 Å². The Labute approximate surface area is 126 Å². The average Bonchev–Trinajstić information content (AvgIpc) is 3.01. The van der Waals surface area contributed by atoms with Crippen LogP contribution in [0.1, 0.15) is 31.4 Å². The van der Waals surface area contributed by atoms with Crippen molar-refractivity contribution in [2.24, 2.45) is 0 Å². The van der Waals surface area contributed by atoms with E-state index in [2.05, 4.69) is 17.6 Å². The van der Waals surface area contributed by atoms with Crippen LogP contribution in [-0.2, 0) is 9.53 Å². The van der Waals surface area contributed by atoms with E-state index in [1.165, 1.54) is 0 Å². The SMILES string of the molecule is CCC(NC(=O)C1CC(OC)CN1)c1ccccc1OC. The standard InChI is InChI=1S/C16H24N2O3/c1-4-13(12-7-5-6-8-15(12)21-3)18-16(19)14-9-11(20-2)10-17-14/h5-8,11,13-14,17H,4,9-10H2,1-3H3,(H,18,19). The number of carbonyl (C=O) groups excluding carboxylic acids is 1. The van der Waals surface area contributed by atoms with Gasteiger partial charge in [0.05, 0.1) is 25.3 Å². The van der Waals surface area contributed by atoms with Gasteiger partial charge < -0.3 is 20.1 Å². The van der Waals surface area contributed by atoms with Crippen molar-refractivity contribution in [1.29, 1.82) is 0 Å². The Morgan fingerprint density at radius 2 is 2.19 bits per heavy atom. The van der Waals surface area contributed by atoms with Crippen LogP contribution < -0.4 is 15.4 Å². The fraction of sp³-hybridized carbons (Fsp3) is 0.562. The third kappa shape index (κ3) is 3.74. The number of nitrogens with one attached hydrogen (secondary N) is 2. The number of hydrogen-bond donors (Lipinski definition) is 2. The molecule has 2 rings (SSSR count). The summed E-state index contributed by atoms with van der Waals surface area (Å²) in [5.74, 6) is 0.825. The molecule has 0 saturated carbocycles. The van der Waals surface area contributed by atoms with E-state index in [0.717, 1.165) is 24.3 Å². The highest BCUT2D eigenvalue weighted by molar-refractivity contribution is 5.82. The highest BCUT2D eigenvalue weighted by Crippen LogP contribution is 2.27. The van der Waals surface area contributed by atoms with E-state index < -0.39 is 0 Å². The second-order valence-electron chi connectivity index (χ2n) is 5.27. The van der Waals surface area contributed by atoms with Crippen molar-refractivity contribution < 1.29 is 14.3 Å². The maximum Gasteiger partial charge on any atom is 0.237 e. The molecule has 1 fully saturated rings. The second-order valence-corrected chi connectivity index (χ2v) is 5.27. The van der Waals surface area contributed by atoms with E-state index in [-0.39, 0.29) is 24.1 Å². The summed E-state index contributed by atoms with van der Waals surface area (Å²) in [4.78, 5) is 12.4. The van der Waals surface area contributed by atoms with Gasteiger partial charge in [0, 0.05) is 19.2 Å². The summed E-state index contributed by atoms with van der Waals surface area (Å²) in [6.07, 6.45) is 1.64. The molecule has 0 bridgehead atoms. The molecule has 1 amide bonds. The molecular weight excluding hydrogens is 268 g/mol. The van der Waals surface area contributed by atoms with Gasteiger partial charge in [0.25, 0.3) is 0 Å². The lowest BCUT2D eigenvalue weighted by molar-refractivity contribution is -0.123. The maximum absolute atomic E-state index is 12.4. The number of benzene rings is 1. The monoisotopic (exact) mass is 292 g/mol. The summed E-state index contributed by atoms with van der Waals surface area (Å²) in [5, 5.41) is 6.31. The minimum absolute atomic E-state index is 0.0207. The highest BCUT2D eigenvalue weighted by Gasteiger charge is 2.30. The molecule has 0 spiro atoms. The van der Waals surface area contributed by atoms with Crippen molar-refractivity contribution >= 4 is 5.91 Å². The van der Waals surface area contributed by atoms with Crippen molar-refractivity contribution in [3.63, 3.8) is 0 Å². The molecule has 5 heteroatoms. The zero-order chi connectivity index (χ0) is 15.2. The molecule has 0 radical (unpaired) electrons. The van der Waals surface area contributed by atoms with Gasteiger partial charge in [0.2, 0.25) is 5.91 Å². The van der Waals surface area contributed by atoms with Crippen molar-refractivity contribution in [2.45, 2.75) is 38.0 Å². The summed E-state index contributed by atoms with van der Waals surface area (Å²) in [7, 11) is 3.32. The van der Waals surface area contributed by atoms with Crippen LogP contribution in [0.15, 0.2) is 24.3 Å². The number of ether oxygens (including phenoxy) is 2. The molecule has 3 unspecified atom stereocenters. The fourth-order valence-corrected chi connectivity index (χ4v) is 2.71. The molecule has 2 N–H and O–H groups in total. The molecule has 3 atom stereocenters. The summed E-state index contributed by atoms with van der Waals surface area (Å²) in [6.45, 7) is 2.78. The van der Waals surface area contributed by atoms with Crippen LogP contribution >= 0.6 is 0 Å². The van der Waals surface area contributed by atoms with E-state index >= 15 is 0 Å². The molecular formula is C16H24N2O3. The molecule has 1 aromatic rings. The zero-order valence-electron chi connectivity index (χ0n) is 12.9. The predicted molar refractivity (Wildman–Crippen MR) is 81.4 cm³/mol. The summed E-state index contributed by atoms with van der Waals surface area (Å²) >= 11 is 0. The topological polar surface area (TPSA) is 59.6 Å². The van der Waals surface area contributed by atoms with Crippen LogP contribution in [0.5, 0.6) is 5.75 Å². The number of para-hydroxylation sites is 1. The van der Waals surface area contributed by atoms with Crippen molar-refractivity contribution in [2.75, 3.05) is 20.8 Å². The van der Waals surface area contributed by atoms with Gasteiger partial charge in [-0.15, -0.1) is 0 Å². The summed E-state index contributed by atoms with van der Waals surface area (Å²) in [6, 6.07) is 7.57. The number of methoxy groups -OCH3 is 2. The number of carbonyl (C=O) groups is 1. The van der Waals surface area contributed by atoms with Crippen LogP contribution in [0.3, 0.4) is 0 Å².